The third-order valence-corrected chi connectivity index (χ3v) is 3.16. The number of nitrogens with zero attached hydrogens (tertiary/aromatic N) is 1. The molecule has 0 bridgehead atoms. The van der Waals surface area contributed by atoms with Gasteiger partial charge >= 0.3 is 0 Å². The number of benzene rings is 1. The highest BCUT2D eigenvalue weighted by Gasteiger charge is 2.10. The summed E-state index contributed by atoms with van der Waals surface area (Å²) in [5.74, 6) is -0.228. The highest BCUT2D eigenvalue weighted by atomic mass is 16.3. The fraction of sp³-hybridized carbons (Fsp3) is 0.294. The fourth-order valence-corrected chi connectivity index (χ4v) is 2.12. The zero-order chi connectivity index (χ0) is 16.7. The van der Waals surface area contributed by atoms with E-state index >= 15 is 0 Å². The second kappa shape index (κ2) is 8.14. The SMILES string of the molecule is CN(C)Cc1ccccc1NC(=O)CCNC(=O)c1ccco1. The lowest BCUT2D eigenvalue weighted by molar-refractivity contribution is -0.116. The summed E-state index contributed by atoms with van der Waals surface area (Å²) < 4.78 is 4.98. The van der Waals surface area contributed by atoms with E-state index in [1.807, 2.05) is 43.3 Å². The van der Waals surface area contributed by atoms with Crippen LogP contribution in [0.2, 0.25) is 0 Å². The van der Waals surface area contributed by atoms with Crippen LogP contribution in [0.3, 0.4) is 0 Å². The van der Waals surface area contributed by atoms with Crippen molar-refractivity contribution in [3.8, 4) is 0 Å². The van der Waals surface area contributed by atoms with E-state index in [1.165, 1.54) is 6.26 Å². The number of para-hydroxylation sites is 1. The number of nitrogens with one attached hydrogen (secondary N) is 2. The van der Waals surface area contributed by atoms with Crippen molar-refractivity contribution < 1.29 is 14.0 Å². The predicted octanol–water partition coefficient (Wildman–Crippen LogP) is 2.10. The normalized spacial score (nSPS) is 10.6. The molecule has 0 radical (unpaired) electrons. The van der Waals surface area contributed by atoms with Gasteiger partial charge in [0.25, 0.3) is 5.91 Å². The lowest BCUT2D eigenvalue weighted by atomic mass is 10.1. The average Bonchev–Trinajstić information content (AvgIpc) is 3.03. The van der Waals surface area contributed by atoms with E-state index in [4.69, 9.17) is 4.42 Å². The number of furan rings is 1. The maximum atomic E-state index is 12.0. The standard InChI is InChI=1S/C17H21N3O3/c1-20(2)12-13-6-3-4-7-14(13)19-16(21)9-10-18-17(22)15-8-5-11-23-15/h3-8,11H,9-10,12H2,1-2H3,(H,18,22)(H,19,21). The first-order valence-electron chi connectivity index (χ1n) is 7.40. The largest absolute Gasteiger partial charge is 0.459 e. The van der Waals surface area contributed by atoms with Crippen molar-refractivity contribution in [1.29, 1.82) is 0 Å². The molecule has 0 aliphatic carbocycles. The Kier molecular flexibility index (Phi) is 5.94. The summed E-state index contributed by atoms with van der Waals surface area (Å²) in [5, 5.41) is 5.53. The van der Waals surface area contributed by atoms with Gasteiger partial charge in [-0.05, 0) is 37.9 Å². The van der Waals surface area contributed by atoms with Gasteiger partial charge in [-0.25, -0.2) is 0 Å². The Labute approximate surface area is 135 Å². The smallest absolute Gasteiger partial charge is 0.286 e. The monoisotopic (exact) mass is 315 g/mol. The van der Waals surface area contributed by atoms with Gasteiger partial charge in [-0.3, -0.25) is 9.59 Å². The van der Waals surface area contributed by atoms with Crippen molar-refractivity contribution in [1.82, 2.24) is 10.2 Å². The van der Waals surface area contributed by atoms with Gasteiger partial charge in [0.1, 0.15) is 0 Å². The van der Waals surface area contributed by atoms with Crippen molar-refractivity contribution in [3.05, 3.63) is 54.0 Å². The highest BCUT2D eigenvalue weighted by molar-refractivity contribution is 5.93. The van der Waals surface area contributed by atoms with Gasteiger partial charge in [0.2, 0.25) is 5.91 Å². The van der Waals surface area contributed by atoms with Gasteiger partial charge in [-0.2, -0.15) is 0 Å². The van der Waals surface area contributed by atoms with Gasteiger partial charge in [0.05, 0.1) is 6.26 Å². The second-order valence-corrected chi connectivity index (χ2v) is 5.43. The van der Waals surface area contributed by atoms with E-state index < -0.39 is 0 Å². The summed E-state index contributed by atoms with van der Waals surface area (Å²) in [5.41, 5.74) is 1.84. The number of carbonyl (C=O) groups excluding carboxylic acids is 2. The predicted molar refractivity (Wildman–Crippen MR) is 88.1 cm³/mol. The molecule has 2 aromatic rings. The van der Waals surface area contributed by atoms with E-state index in [0.717, 1.165) is 17.8 Å². The topological polar surface area (TPSA) is 74.6 Å². The molecule has 23 heavy (non-hydrogen) atoms. The van der Waals surface area contributed by atoms with Gasteiger partial charge < -0.3 is 20.0 Å². The van der Waals surface area contributed by atoms with Crippen LogP contribution in [0.4, 0.5) is 5.69 Å². The molecule has 2 amide bonds. The molecule has 2 N–H and O–H groups in total. The highest BCUT2D eigenvalue weighted by Crippen LogP contribution is 2.16. The minimum Gasteiger partial charge on any atom is -0.459 e. The first kappa shape index (κ1) is 16.8. The zero-order valence-corrected chi connectivity index (χ0v) is 13.3. The number of carbonyl (C=O) groups is 2. The van der Waals surface area contributed by atoms with Crippen LogP contribution in [0, 0.1) is 0 Å². The van der Waals surface area contributed by atoms with E-state index in [0.29, 0.717) is 0 Å². The van der Waals surface area contributed by atoms with Crippen molar-refractivity contribution in [2.45, 2.75) is 13.0 Å². The lowest BCUT2D eigenvalue weighted by Gasteiger charge is -2.14. The molecule has 1 aromatic heterocycles. The van der Waals surface area contributed by atoms with Crippen LogP contribution in [0.5, 0.6) is 0 Å². The lowest BCUT2D eigenvalue weighted by Crippen LogP contribution is -2.27. The summed E-state index contributed by atoms with van der Waals surface area (Å²) >= 11 is 0. The molecule has 0 spiro atoms. The van der Waals surface area contributed by atoms with Gasteiger partial charge in [0, 0.05) is 25.2 Å². The number of rotatable bonds is 7. The molecular formula is C17H21N3O3. The Morgan fingerprint density at radius 2 is 1.91 bits per heavy atom. The van der Waals surface area contributed by atoms with Gasteiger partial charge in [-0.15, -0.1) is 0 Å². The number of anilines is 1. The third-order valence-electron chi connectivity index (χ3n) is 3.16. The van der Waals surface area contributed by atoms with Crippen LogP contribution in [-0.2, 0) is 11.3 Å². The van der Waals surface area contributed by atoms with Crippen molar-refractivity contribution in [2.24, 2.45) is 0 Å². The van der Waals surface area contributed by atoms with Crippen molar-refractivity contribution in [3.63, 3.8) is 0 Å². The first-order valence-corrected chi connectivity index (χ1v) is 7.40. The van der Waals surface area contributed by atoms with Gasteiger partial charge in [-0.1, -0.05) is 18.2 Å². The summed E-state index contributed by atoms with van der Waals surface area (Å²) in [6.45, 7) is 0.993. The molecule has 6 nitrogen and oxygen atoms in total. The van der Waals surface area contributed by atoms with Gasteiger partial charge in [0.15, 0.2) is 5.76 Å². The van der Waals surface area contributed by atoms with E-state index in [9.17, 15) is 9.59 Å². The summed E-state index contributed by atoms with van der Waals surface area (Å²) in [6.07, 6.45) is 1.63. The Balaban J connectivity index is 1.82. The summed E-state index contributed by atoms with van der Waals surface area (Å²) in [4.78, 5) is 25.7. The zero-order valence-electron chi connectivity index (χ0n) is 13.3. The Morgan fingerprint density at radius 1 is 1.13 bits per heavy atom. The molecule has 0 saturated heterocycles. The molecule has 122 valence electrons. The second-order valence-electron chi connectivity index (χ2n) is 5.43. The van der Waals surface area contributed by atoms with Crippen LogP contribution >= 0.6 is 0 Å². The van der Waals surface area contributed by atoms with Crippen LogP contribution in [0.15, 0.2) is 47.1 Å². The molecule has 0 saturated carbocycles. The Morgan fingerprint density at radius 3 is 2.61 bits per heavy atom. The number of amides is 2. The first-order chi connectivity index (χ1) is 11.1. The van der Waals surface area contributed by atoms with Crippen LogP contribution in [0.1, 0.15) is 22.5 Å². The fourth-order valence-electron chi connectivity index (χ4n) is 2.12. The minimum absolute atomic E-state index is 0.143. The van der Waals surface area contributed by atoms with Crippen LogP contribution in [0.25, 0.3) is 0 Å². The maximum absolute atomic E-state index is 12.0. The molecule has 0 aliphatic heterocycles. The minimum atomic E-state index is -0.323. The Bertz CT molecular complexity index is 651. The molecule has 0 atom stereocenters. The third kappa shape index (κ3) is 5.27. The van der Waals surface area contributed by atoms with Crippen LogP contribution < -0.4 is 10.6 Å². The van der Waals surface area contributed by atoms with Crippen molar-refractivity contribution in [2.75, 3.05) is 26.0 Å². The van der Waals surface area contributed by atoms with Crippen LogP contribution in [-0.4, -0.2) is 37.4 Å². The summed E-state index contributed by atoms with van der Waals surface area (Å²) in [7, 11) is 3.95. The average molecular weight is 315 g/mol. The van der Waals surface area contributed by atoms with Crippen molar-refractivity contribution >= 4 is 17.5 Å². The molecule has 6 heteroatoms. The molecule has 2 rings (SSSR count). The quantitative estimate of drug-likeness (QED) is 0.820. The molecule has 1 aromatic carbocycles. The number of hydrogen-bond acceptors (Lipinski definition) is 4. The molecular weight excluding hydrogens is 294 g/mol. The molecule has 0 aliphatic rings. The molecule has 0 unspecified atom stereocenters. The maximum Gasteiger partial charge on any atom is 0.286 e. The number of hydrogen-bond donors (Lipinski definition) is 2. The molecule has 1 heterocycles. The van der Waals surface area contributed by atoms with E-state index in [2.05, 4.69) is 10.6 Å². The Hall–Kier alpha value is -2.60. The van der Waals surface area contributed by atoms with E-state index in [-0.39, 0.29) is 30.5 Å². The van der Waals surface area contributed by atoms with E-state index in [1.54, 1.807) is 12.1 Å². The molecule has 0 fully saturated rings. The summed E-state index contributed by atoms with van der Waals surface area (Å²) in [6, 6.07) is 10.9.